The van der Waals surface area contributed by atoms with Crippen LogP contribution in [0.5, 0.6) is 0 Å². The molecular weight excluding hydrogens is 206 g/mol. The second kappa shape index (κ2) is 5.44. The smallest absolute Gasteiger partial charge is 0.308 e. The highest BCUT2D eigenvalue weighted by atomic mass is 16.4. The first-order valence-electron chi connectivity index (χ1n) is 5.29. The second-order valence-corrected chi connectivity index (χ2v) is 3.84. The number of carboxylic acid groups (broad SMARTS) is 1. The van der Waals surface area contributed by atoms with Crippen LogP contribution in [-0.2, 0) is 11.2 Å². The predicted octanol–water partition coefficient (Wildman–Crippen LogP) is 1.20. The van der Waals surface area contributed by atoms with Gasteiger partial charge in [0.2, 0.25) is 0 Å². The Morgan fingerprint density at radius 1 is 1.56 bits per heavy atom. The molecule has 0 aromatic carbocycles. The molecule has 1 unspecified atom stereocenters. The van der Waals surface area contributed by atoms with Crippen molar-refractivity contribution in [3.63, 3.8) is 0 Å². The number of hydrogen-bond donors (Lipinski definition) is 1. The van der Waals surface area contributed by atoms with E-state index < -0.39 is 11.9 Å². The van der Waals surface area contributed by atoms with E-state index in [0.717, 1.165) is 17.9 Å². The maximum absolute atomic E-state index is 10.7. The van der Waals surface area contributed by atoms with Crippen LogP contribution in [0.3, 0.4) is 0 Å². The number of aliphatic carboxylic acids is 1. The molecule has 16 heavy (non-hydrogen) atoms. The molecule has 5 heteroatoms. The number of hydrogen-bond acceptors (Lipinski definition) is 4. The van der Waals surface area contributed by atoms with E-state index in [2.05, 4.69) is 9.97 Å². The van der Waals surface area contributed by atoms with Gasteiger partial charge in [-0.25, -0.2) is 9.97 Å². The topological polar surface area (TPSA) is 66.3 Å². The van der Waals surface area contributed by atoms with E-state index >= 15 is 0 Å². The molecular formula is C11H17N3O2. The summed E-state index contributed by atoms with van der Waals surface area (Å²) < 4.78 is 0. The number of rotatable bonds is 5. The van der Waals surface area contributed by atoms with Gasteiger partial charge in [0, 0.05) is 25.4 Å². The summed E-state index contributed by atoms with van der Waals surface area (Å²) in [6, 6.07) is 1.88. The molecule has 0 fully saturated rings. The van der Waals surface area contributed by atoms with Gasteiger partial charge in [-0.15, -0.1) is 0 Å². The number of carbonyl (C=O) groups is 1. The van der Waals surface area contributed by atoms with Gasteiger partial charge >= 0.3 is 5.97 Å². The molecule has 0 aliphatic heterocycles. The van der Waals surface area contributed by atoms with Gasteiger partial charge in [-0.2, -0.15) is 0 Å². The van der Waals surface area contributed by atoms with Crippen molar-refractivity contribution in [2.24, 2.45) is 5.92 Å². The lowest BCUT2D eigenvalue weighted by molar-refractivity contribution is -0.140. The summed E-state index contributed by atoms with van der Waals surface area (Å²) in [5.41, 5.74) is 0.958. The normalized spacial score (nSPS) is 12.2. The summed E-state index contributed by atoms with van der Waals surface area (Å²) in [4.78, 5) is 20.8. The van der Waals surface area contributed by atoms with E-state index in [1.807, 2.05) is 24.9 Å². The molecule has 88 valence electrons. The number of anilines is 1. The zero-order valence-electron chi connectivity index (χ0n) is 9.84. The summed E-state index contributed by atoms with van der Waals surface area (Å²) in [5.74, 6) is -0.443. The van der Waals surface area contributed by atoms with Crippen LogP contribution in [0.1, 0.15) is 19.5 Å². The molecule has 1 aromatic rings. The maximum Gasteiger partial charge on any atom is 0.308 e. The first-order chi connectivity index (χ1) is 7.54. The highest BCUT2D eigenvalue weighted by molar-refractivity contribution is 5.70. The van der Waals surface area contributed by atoms with Crippen molar-refractivity contribution in [1.29, 1.82) is 0 Å². The lowest BCUT2D eigenvalue weighted by Crippen LogP contribution is -2.29. The molecule has 0 amide bonds. The lowest BCUT2D eigenvalue weighted by atomic mass is 10.2. The molecule has 0 bridgehead atoms. The van der Waals surface area contributed by atoms with Crippen molar-refractivity contribution in [2.45, 2.75) is 20.3 Å². The molecule has 0 spiro atoms. The van der Waals surface area contributed by atoms with E-state index in [-0.39, 0.29) is 0 Å². The first kappa shape index (κ1) is 12.4. The summed E-state index contributed by atoms with van der Waals surface area (Å²) >= 11 is 0. The van der Waals surface area contributed by atoms with Gasteiger partial charge in [0.25, 0.3) is 0 Å². The summed E-state index contributed by atoms with van der Waals surface area (Å²) in [7, 11) is 1.83. The standard InChI is InChI=1S/C11H17N3O2/c1-4-9-5-10(13-7-12-9)14(3)6-8(2)11(15)16/h5,7-8H,4,6H2,1-3H3,(H,15,16). The molecule has 1 heterocycles. The molecule has 1 rings (SSSR count). The average molecular weight is 223 g/mol. The number of aryl methyl sites for hydroxylation is 1. The maximum atomic E-state index is 10.7. The fraction of sp³-hybridized carbons (Fsp3) is 0.545. The second-order valence-electron chi connectivity index (χ2n) is 3.84. The summed E-state index contributed by atoms with van der Waals surface area (Å²) in [5, 5.41) is 8.82. The highest BCUT2D eigenvalue weighted by Crippen LogP contribution is 2.11. The van der Waals surface area contributed by atoms with Crippen LogP contribution >= 0.6 is 0 Å². The Balaban J connectivity index is 2.72. The van der Waals surface area contributed by atoms with Crippen molar-refractivity contribution in [2.75, 3.05) is 18.5 Å². The number of aromatic nitrogens is 2. The highest BCUT2D eigenvalue weighted by Gasteiger charge is 2.14. The first-order valence-corrected chi connectivity index (χ1v) is 5.29. The molecule has 1 N–H and O–H groups in total. The zero-order chi connectivity index (χ0) is 12.1. The van der Waals surface area contributed by atoms with Crippen LogP contribution in [0, 0.1) is 5.92 Å². The molecule has 1 atom stereocenters. The van der Waals surface area contributed by atoms with Crippen LogP contribution in [0.2, 0.25) is 0 Å². The molecule has 5 nitrogen and oxygen atoms in total. The fourth-order valence-corrected chi connectivity index (χ4v) is 1.37. The van der Waals surface area contributed by atoms with Crippen LogP contribution < -0.4 is 4.90 Å². The van der Waals surface area contributed by atoms with E-state index in [0.29, 0.717) is 6.54 Å². The molecule has 0 saturated carbocycles. The Hall–Kier alpha value is -1.65. The number of nitrogens with zero attached hydrogens (tertiary/aromatic N) is 3. The van der Waals surface area contributed by atoms with Crippen LogP contribution in [-0.4, -0.2) is 34.6 Å². The molecule has 0 aliphatic carbocycles. The monoisotopic (exact) mass is 223 g/mol. The molecule has 1 aromatic heterocycles. The SMILES string of the molecule is CCc1cc(N(C)CC(C)C(=O)O)ncn1. The van der Waals surface area contributed by atoms with E-state index in [1.165, 1.54) is 6.33 Å². The van der Waals surface area contributed by atoms with Crippen molar-refractivity contribution in [3.05, 3.63) is 18.1 Å². The quantitative estimate of drug-likeness (QED) is 0.812. The Kier molecular flexibility index (Phi) is 4.22. The van der Waals surface area contributed by atoms with E-state index in [4.69, 9.17) is 5.11 Å². The van der Waals surface area contributed by atoms with Crippen molar-refractivity contribution < 1.29 is 9.90 Å². The van der Waals surface area contributed by atoms with Gasteiger partial charge in [0.15, 0.2) is 0 Å². The van der Waals surface area contributed by atoms with Gasteiger partial charge in [0.05, 0.1) is 5.92 Å². The third-order valence-electron chi connectivity index (χ3n) is 2.43. The van der Waals surface area contributed by atoms with Crippen LogP contribution in [0.25, 0.3) is 0 Å². The summed E-state index contributed by atoms with van der Waals surface area (Å²) in [6.07, 6.45) is 2.36. The minimum atomic E-state index is -0.795. The van der Waals surface area contributed by atoms with Crippen LogP contribution in [0.15, 0.2) is 12.4 Å². The minimum absolute atomic E-state index is 0.412. The van der Waals surface area contributed by atoms with Crippen molar-refractivity contribution in [3.8, 4) is 0 Å². The minimum Gasteiger partial charge on any atom is -0.481 e. The van der Waals surface area contributed by atoms with Crippen LogP contribution in [0.4, 0.5) is 5.82 Å². The molecule has 0 radical (unpaired) electrons. The largest absolute Gasteiger partial charge is 0.481 e. The number of carboxylic acids is 1. The van der Waals surface area contributed by atoms with Crippen molar-refractivity contribution in [1.82, 2.24) is 9.97 Å². The van der Waals surface area contributed by atoms with Gasteiger partial charge in [-0.3, -0.25) is 4.79 Å². The van der Waals surface area contributed by atoms with Gasteiger partial charge < -0.3 is 10.0 Å². The Labute approximate surface area is 95.1 Å². The molecule has 0 aliphatic rings. The van der Waals surface area contributed by atoms with Gasteiger partial charge in [0.1, 0.15) is 12.1 Å². The van der Waals surface area contributed by atoms with E-state index in [1.54, 1.807) is 6.92 Å². The predicted molar refractivity (Wildman–Crippen MR) is 61.5 cm³/mol. The third kappa shape index (κ3) is 3.18. The fourth-order valence-electron chi connectivity index (χ4n) is 1.37. The van der Waals surface area contributed by atoms with Gasteiger partial charge in [-0.1, -0.05) is 13.8 Å². The Morgan fingerprint density at radius 3 is 2.81 bits per heavy atom. The third-order valence-corrected chi connectivity index (χ3v) is 2.43. The summed E-state index contributed by atoms with van der Waals surface area (Å²) in [6.45, 7) is 4.14. The van der Waals surface area contributed by atoms with E-state index in [9.17, 15) is 4.79 Å². The average Bonchev–Trinajstić information content (AvgIpc) is 2.28. The lowest BCUT2D eigenvalue weighted by Gasteiger charge is -2.20. The van der Waals surface area contributed by atoms with Gasteiger partial charge in [-0.05, 0) is 6.42 Å². The Bertz CT molecular complexity index is 368. The molecule has 0 saturated heterocycles. The van der Waals surface area contributed by atoms with Crippen molar-refractivity contribution >= 4 is 11.8 Å². The Morgan fingerprint density at radius 2 is 2.25 bits per heavy atom. The zero-order valence-corrected chi connectivity index (χ0v) is 9.84.